The number of carbonyl (C=O) groups is 1. The van der Waals surface area contributed by atoms with Gasteiger partial charge in [0.05, 0.1) is 22.9 Å². The SMILES string of the molecule is N#Cc1ccc2c(c1)C(F)(F)C(=O)N2. The van der Waals surface area contributed by atoms with Crippen molar-refractivity contribution in [2.75, 3.05) is 5.32 Å². The second-order valence-corrected chi connectivity index (χ2v) is 2.90. The number of alkyl halides is 2. The van der Waals surface area contributed by atoms with Crippen LogP contribution >= 0.6 is 0 Å². The Morgan fingerprint density at radius 1 is 1.43 bits per heavy atom. The molecule has 0 spiro atoms. The molecule has 1 aromatic carbocycles. The largest absolute Gasteiger partial charge is 0.352 e. The maximum atomic E-state index is 13.1. The minimum Gasteiger partial charge on any atom is -0.320 e. The van der Waals surface area contributed by atoms with E-state index in [4.69, 9.17) is 5.26 Å². The summed E-state index contributed by atoms with van der Waals surface area (Å²) < 4.78 is 26.3. The number of fused-ring (bicyclic) bond motifs is 1. The van der Waals surface area contributed by atoms with Crippen LogP contribution in [0.25, 0.3) is 0 Å². The van der Waals surface area contributed by atoms with Crippen LogP contribution in [0.1, 0.15) is 11.1 Å². The molecule has 1 N–H and O–H groups in total. The third-order valence-electron chi connectivity index (χ3n) is 2.02. The van der Waals surface area contributed by atoms with Crippen LogP contribution < -0.4 is 5.32 Å². The summed E-state index contributed by atoms with van der Waals surface area (Å²) in [4.78, 5) is 10.8. The standard InChI is InChI=1S/C9H4F2N2O/c10-9(11)6-3-5(4-12)1-2-7(6)13-8(9)14/h1-3H,(H,13,14). The summed E-state index contributed by atoms with van der Waals surface area (Å²) in [6.07, 6.45) is 0. The van der Waals surface area contributed by atoms with E-state index in [1.807, 2.05) is 5.32 Å². The molecular formula is C9H4F2N2O. The molecule has 1 aliphatic heterocycles. The van der Waals surface area contributed by atoms with Gasteiger partial charge < -0.3 is 5.32 Å². The van der Waals surface area contributed by atoms with E-state index >= 15 is 0 Å². The summed E-state index contributed by atoms with van der Waals surface area (Å²) >= 11 is 0. The lowest BCUT2D eigenvalue weighted by molar-refractivity contribution is -0.139. The van der Waals surface area contributed by atoms with Crippen molar-refractivity contribution in [2.45, 2.75) is 5.92 Å². The third-order valence-corrected chi connectivity index (χ3v) is 2.02. The molecule has 0 saturated heterocycles. The quantitative estimate of drug-likeness (QED) is 0.681. The highest BCUT2D eigenvalue weighted by Gasteiger charge is 2.48. The van der Waals surface area contributed by atoms with Gasteiger partial charge in [0.2, 0.25) is 0 Å². The third kappa shape index (κ3) is 0.973. The highest BCUT2D eigenvalue weighted by molar-refractivity contribution is 6.03. The van der Waals surface area contributed by atoms with E-state index in [1.165, 1.54) is 12.1 Å². The van der Waals surface area contributed by atoms with Gasteiger partial charge >= 0.3 is 5.92 Å². The number of carbonyl (C=O) groups excluding carboxylic acids is 1. The Morgan fingerprint density at radius 2 is 2.14 bits per heavy atom. The lowest BCUT2D eigenvalue weighted by atomic mass is 10.1. The highest BCUT2D eigenvalue weighted by atomic mass is 19.3. The van der Waals surface area contributed by atoms with Crippen molar-refractivity contribution in [3.63, 3.8) is 0 Å². The molecule has 0 saturated carbocycles. The number of anilines is 1. The molecule has 70 valence electrons. The Hall–Kier alpha value is -1.96. The average molecular weight is 194 g/mol. The van der Waals surface area contributed by atoms with Gasteiger partial charge in [-0.25, -0.2) is 0 Å². The molecule has 1 amide bonds. The van der Waals surface area contributed by atoms with Gasteiger partial charge in [0, 0.05) is 0 Å². The summed E-state index contributed by atoms with van der Waals surface area (Å²) in [7, 11) is 0. The van der Waals surface area contributed by atoms with Crippen LogP contribution in [0.4, 0.5) is 14.5 Å². The van der Waals surface area contributed by atoms with Crippen molar-refractivity contribution in [1.29, 1.82) is 5.26 Å². The molecule has 0 fully saturated rings. The van der Waals surface area contributed by atoms with Gasteiger partial charge in [-0.2, -0.15) is 14.0 Å². The second-order valence-electron chi connectivity index (χ2n) is 2.90. The lowest BCUT2D eigenvalue weighted by Gasteiger charge is -2.05. The fourth-order valence-corrected chi connectivity index (χ4v) is 1.31. The average Bonchev–Trinajstić information content (AvgIpc) is 2.38. The summed E-state index contributed by atoms with van der Waals surface area (Å²) in [6, 6.07) is 5.43. The van der Waals surface area contributed by atoms with Gasteiger partial charge in [0.15, 0.2) is 0 Å². The molecule has 3 nitrogen and oxygen atoms in total. The maximum absolute atomic E-state index is 13.1. The van der Waals surface area contributed by atoms with E-state index in [9.17, 15) is 13.6 Å². The van der Waals surface area contributed by atoms with E-state index in [2.05, 4.69) is 0 Å². The van der Waals surface area contributed by atoms with Crippen molar-refractivity contribution in [1.82, 2.24) is 0 Å². The van der Waals surface area contributed by atoms with Crippen LogP contribution in [0.5, 0.6) is 0 Å². The fraction of sp³-hybridized carbons (Fsp3) is 0.111. The van der Waals surface area contributed by atoms with E-state index in [-0.39, 0.29) is 11.3 Å². The molecule has 0 unspecified atom stereocenters. The monoisotopic (exact) mass is 194 g/mol. The predicted molar refractivity (Wildman–Crippen MR) is 43.7 cm³/mol. The van der Waals surface area contributed by atoms with Crippen molar-refractivity contribution in [3.05, 3.63) is 29.3 Å². The number of nitriles is 1. The summed E-state index contributed by atoms with van der Waals surface area (Å²) in [5.41, 5.74) is -0.250. The second kappa shape index (κ2) is 2.51. The number of amides is 1. The molecule has 0 aromatic heterocycles. The number of nitrogens with zero attached hydrogens (tertiary/aromatic N) is 1. The maximum Gasteiger partial charge on any atom is 0.352 e. The highest BCUT2D eigenvalue weighted by Crippen LogP contribution is 2.40. The molecule has 14 heavy (non-hydrogen) atoms. The summed E-state index contributed by atoms with van der Waals surface area (Å²) in [5.74, 6) is -4.87. The van der Waals surface area contributed by atoms with Gasteiger partial charge in [-0.05, 0) is 18.2 Å². The van der Waals surface area contributed by atoms with Gasteiger partial charge in [-0.1, -0.05) is 0 Å². The molecule has 2 rings (SSSR count). The van der Waals surface area contributed by atoms with Crippen molar-refractivity contribution < 1.29 is 13.6 Å². The predicted octanol–water partition coefficient (Wildman–Crippen LogP) is 1.60. The fourth-order valence-electron chi connectivity index (χ4n) is 1.31. The Balaban J connectivity index is 2.64. The smallest absolute Gasteiger partial charge is 0.320 e. The van der Waals surface area contributed by atoms with Gasteiger partial charge in [0.25, 0.3) is 5.91 Å². The first-order valence-electron chi connectivity index (χ1n) is 3.79. The van der Waals surface area contributed by atoms with Crippen molar-refractivity contribution >= 4 is 11.6 Å². The molecule has 5 heteroatoms. The number of halogens is 2. The first-order valence-corrected chi connectivity index (χ1v) is 3.79. The van der Waals surface area contributed by atoms with Crippen LogP contribution in [0.2, 0.25) is 0 Å². The Kier molecular flexibility index (Phi) is 1.55. The minimum absolute atomic E-state index is 0.0685. The molecule has 0 radical (unpaired) electrons. The van der Waals surface area contributed by atoms with E-state index in [1.54, 1.807) is 6.07 Å². The molecule has 1 aliphatic rings. The van der Waals surface area contributed by atoms with Crippen molar-refractivity contribution in [3.8, 4) is 6.07 Å². The Bertz CT molecular complexity index is 462. The zero-order valence-electron chi connectivity index (χ0n) is 6.84. The Morgan fingerprint density at radius 3 is 2.79 bits per heavy atom. The molecule has 0 aliphatic carbocycles. The number of nitrogens with one attached hydrogen (secondary N) is 1. The topological polar surface area (TPSA) is 52.9 Å². The van der Waals surface area contributed by atoms with E-state index in [0.717, 1.165) is 6.07 Å². The first-order chi connectivity index (χ1) is 6.55. The summed E-state index contributed by atoms with van der Waals surface area (Å²) in [6.45, 7) is 0. The minimum atomic E-state index is -3.53. The number of hydrogen-bond donors (Lipinski definition) is 1. The number of rotatable bonds is 0. The molecule has 1 heterocycles. The molecular weight excluding hydrogens is 190 g/mol. The number of hydrogen-bond acceptors (Lipinski definition) is 2. The summed E-state index contributed by atoms with van der Waals surface area (Å²) in [5, 5.41) is 10.5. The van der Waals surface area contributed by atoms with Crippen LogP contribution in [0.3, 0.4) is 0 Å². The van der Waals surface area contributed by atoms with Gasteiger partial charge in [-0.3, -0.25) is 4.79 Å². The molecule has 0 atom stereocenters. The van der Waals surface area contributed by atoms with Crippen LogP contribution in [-0.2, 0) is 10.7 Å². The van der Waals surface area contributed by atoms with Crippen LogP contribution in [-0.4, -0.2) is 5.91 Å². The lowest BCUT2D eigenvalue weighted by Crippen LogP contribution is -2.23. The van der Waals surface area contributed by atoms with E-state index in [0.29, 0.717) is 0 Å². The van der Waals surface area contributed by atoms with Crippen LogP contribution in [0, 0.1) is 11.3 Å². The zero-order chi connectivity index (χ0) is 10.3. The van der Waals surface area contributed by atoms with E-state index < -0.39 is 17.4 Å². The van der Waals surface area contributed by atoms with Crippen molar-refractivity contribution in [2.24, 2.45) is 0 Å². The number of benzene rings is 1. The molecule has 0 bridgehead atoms. The first kappa shape index (κ1) is 8.63. The molecule has 1 aromatic rings. The zero-order valence-corrected chi connectivity index (χ0v) is 6.84. The van der Waals surface area contributed by atoms with Crippen LogP contribution in [0.15, 0.2) is 18.2 Å². The normalized spacial score (nSPS) is 17.1. The Labute approximate surface area is 78.0 Å². The van der Waals surface area contributed by atoms with Gasteiger partial charge in [-0.15, -0.1) is 0 Å². The van der Waals surface area contributed by atoms with Gasteiger partial charge in [0.1, 0.15) is 0 Å².